The number of rotatable bonds is 2. The Balaban J connectivity index is 1.74. The summed E-state index contributed by atoms with van der Waals surface area (Å²) in [6, 6.07) is 20.3. The molecule has 0 bridgehead atoms. The number of ketones is 1. The molecule has 0 saturated heterocycles. The van der Waals surface area contributed by atoms with Crippen LogP contribution in [0.5, 0.6) is 0 Å². The molecule has 0 aromatic heterocycles. The van der Waals surface area contributed by atoms with Crippen LogP contribution in [0.1, 0.15) is 30.4 Å². The van der Waals surface area contributed by atoms with Crippen LogP contribution in [0.15, 0.2) is 71.8 Å². The lowest BCUT2D eigenvalue weighted by Crippen LogP contribution is -2.10. The van der Waals surface area contributed by atoms with E-state index in [1.165, 1.54) is 11.1 Å². The van der Waals surface area contributed by atoms with E-state index >= 15 is 0 Å². The Bertz CT molecular complexity index is 678. The Morgan fingerprint density at radius 3 is 1.86 bits per heavy atom. The predicted octanol–water partition coefficient (Wildman–Crippen LogP) is 4.91. The zero-order valence-electron chi connectivity index (χ0n) is 12.0. The highest BCUT2D eigenvalue weighted by molar-refractivity contribution is 6.02. The monoisotopic (exact) mass is 274 g/mol. The smallest absolute Gasteiger partial charge is 0.162 e. The molecule has 3 rings (SSSR count). The predicted molar refractivity (Wildman–Crippen MR) is 87.7 cm³/mol. The summed E-state index contributed by atoms with van der Waals surface area (Å²) >= 11 is 0. The van der Waals surface area contributed by atoms with Crippen LogP contribution < -0.4 is 0 Å². The molecule has 1 aliphatic carbocycles. The van der Waals surface area contributed by atoms with Crippen molar-refractivity contribution in [1.29, 1.82) is 0 Å². The van der Waals surface area contributed by atoms with Gasteiger partial charge in [0.25, 0.3) is 0 Å². The summed E-state index contributed by atoms with van der Waals surface area (Å²) < 4.78 is 0. The fraction of sp³-hybridized carbons (Fsp3) is 0.150. The third-order valence-corrected chi connectivity index (χ3v) is 3.77. The zero-order chi connectivity index (χ0) is 14.5. The van der Waals surface area contributed by atoms with E-state index in [-0.39, 0.29) is 5.78 Å². The van der Waals surface area contributed by atoms with Crippen LogP contribution in [-0.4, -0.2) is 5.78 Å². The Kier molecular flexibility index (Phi) is 4.11. The summed E-state index contributed by atoms with van der Waals surface area (Å²) in [4.78, 5) is 12.3. The average Bonchev–Trinajstić information content (AvgIpc) is 2.52. The minimum Gasteiger partial charge on any atom is -0.294 e. The van der Waals surface area contributed by atoms with Gasteiger partial charge in [-0.3, -0.25) is 4.79 Å². The van der Waals surface area contributed by atoms with Gasteiger partial charge in [0.2, 0.25) is 0 Å². The maximum Gasteiger partial charge on any atom is 0.162 e. The molecule has 1 aliphatic rings. The summed E-state index contributed by atoms with van der Waals surface area (Å²) in [5.41, 5.74) is 4.47. The van der Waals surface area contributed by atoms with Crippen LogP contribution in [0.4, 0.5) is 0 Å². The average molecular weight is 274 g/mol. The van der Waals surface area contributed by atoms with Gasteiger partial charge in [0.15, 0.2) is 5.78 Å². The molecule has 104 valence electrons. The second-order valence-corrected chi connectivity index (χ2v) is 5.39. The number of allylic oxidation sites excluding steroid dienone is 2. The molecule has 1 nitrogen and oxygen atoms in total. The van der Waals surface area contributed by atoms with E-state index in [1.54, 1.807) is 0 Å². The number of hydrogen-bond acceptors (Lipinski definition) is 1. The molecular weight excluding hydrogens is 256 g/mol. The molecule has 0 N–H and O–H groups in total. The largest absolute Gasteiger partial charge is 0.294 e. The van der Waals surface area contributed by atoms with Gasteiger partial charge in [0, 0.05) is 6.42 Å². The van der Waals surface area contributed by atoms with E-state index in [9.17, 15) is 4.79 Å². The molecule has 21 heavy (non-hydrogen) atoms. The van der Waals surface area contributed by atoms with Gasteiger partial charge < -0.3 is 0 Å². The van der Waals surface area contributed by atoms with Gasteiger partial charge in [0.05, 0.1) is 0 Å². The molecule has 0 spiro atoms. The third-order valence-electron chi connectivity index (χ3n) is 3.77. The Morgan fingerprint density at radius 1 is 0.714 bits per heavy atom. The number of hydrogen-bond donors (Lipinski definition) is 0. The van der Waals surface area contributed by atoms with Crippen molar-refractivity contribution in [2.75, 3.05) is 0 Å². The van der Waals surface area contributed by atoms with Gasteiger partial charge in [-0.1, -0.05) is 72.3 Å². The number of carbonyl (C=O) groups excluding carboxylic acids is 1. The van der Waals surface area contributed by atoms with E-state index in [2.05, 4.69) is 18.2 Å². The lowest BCUT2D eigenvalue weighted by molar-refractivity contribution is -0.115. The number of Topliss-reactive ketones (excluding diaryl/α,β-unsaturated/α-hetero) is 1. The zero-order valence-corrected chi connectivity index (χ0v) is 12.0. The molecule has 0 radical (unpaired) electrons. The fourth-order valence-corrected chi connectivity index (χ4v) is 2.65. The molecular formula is C20H18O. The molecule has 1 saturated carbocycles. The molecule has 1 heteroatoms. The van der Waals surface area contributed by atoms with Gasteiger partial charge in [-0.15, -0.1) is 0 Å². The van der Waals surface area contributed by atoms with E-state index in [0.717, 1.165) is 24.0 Å². The molecule has 0 atom stereocenters. The summed E-state index contributed by atoms with van der Waals surface area (Å²) in [6.07, 6.45) is 6.54. The van der Waals surface area contributed by atoms with Crippen LogP contribution in [0, 0.1) is 0 Å². The normalized spacial score (nSPS) is 19.1. The first kappa shape index (κ1) is 13.6. The van der Waals surface area contributed by atoms with Crippen molar-refractivity contribution in [3.63, 3.8) is 0 Å². The van der Waals surface area contributed by atoms with Crippen LogP contribution in [-0.2, 0) is 4.79 Å². The van der Waals surface area contributed by atoms with Crippen molar-refractivity contribution in [3.8, 4) is 0 Å². The summed E-state index contributed by atoms with van der Waals surface area (Å²) in [6.45, 7) is 0. The summed E-state index contributed by atoms with van der Waals surface area (Å²) in [5, 5.41) is 0. The van der Waals surface area contributed by atoms with Gasteiger partial charge in [-0.25, -0.2) is 0 Å². The molecule has 0 amide bonds. The van der Waals surface area contributed by atoms with Crippen molar-refractivity contribution in [3.05, 3.63) is 82.9 Å². The van der Waals surface area contributed by atoms with Gasteiger partial charge >= 0.3 is 0 Å². The van der Waals surface area contributed by atoms with Crippen molar-refractivity contribution in [1.82, 2.24) is 0 Å². The minimum atomic E-state index is 0.257. The Labute approximate surface area is 125 Å². The van der Waals surface area contributed by atoms with Gasteiger partial charge in [-0.05, 0) is 35.6 Å². The van der Waals surface area contributed by atoms with Gasteiger partial charge in [-0.2, -0.15) is 0 Å². The topological polar surface area (TPSA) is 17.1 Å². The van der Waals surface area contributed by atoms with Crippen LogP contribution in [0.3, 0.4) is 0 Å². The quantitative estimate of drug-likeness (QED) is 0.711. The lowest BCUT2D eigenvalue weighted by atomic mass is 9.87. The van der Waals surface area contributed by atoms with Crippen molar-refractivity contribution >= 4 is 17.9 Å². The van der Waals surface area contributed by atoms with Crippen molar-refractivity contribution in [2.24, 2.45) is 0 Å². The summed E-state index contributed by atoms with van der Waals surface area (Å²) in [5.74, 6) is 0.257. The van der Waals surface area contributed by atoms with Crippen LogP contribution in [0.25, 0.3) is 12.2 Å². The highest BCUT2D eigenvalue weighted by Gasteiger charge is 2.18. The summed E-state index contributed by atoms with van der Waals surface area (Å²) in [7, 11) is 0. The van der Waals surface area contributed by atoms with E-state index < -0.39 is 0 Å². The van der Waals surface area contributed by atoms with E-state index in [4.69, 9.17) is 0 Å². The number of carbonyl (C=O) groups is 1. The first-order valence-corrected chi connectivity index (χ1v) is 7.34. The second kappa shape index (κ2) is 6.36. The highest BCUT2D eigenvalue weighted by Crippen LogP contribution is 2.28. The molecule has 0 heterocycles. The van der Waals surface area contributed by atoms with Crippen molar-refractivity contribution < 1.29 is 4.79 Å². The fourth-order valence-electron chi connectivity index (χ4n) is 2.65. The van der Waals surface area contributed by atoms with Crippen molar-refractivity contribution in [2.45, 2.75) is 19.3 Å². The standard InChI is InChI=1S/C20H18O/c21-20-15-18(13-16-7-3-1-4-8-16)11-12-19(20)14-17-9-5-2-6-10-17/h1-10,13-14H,11-12,15H2/b18-13+,19-14-. The molecule has 1 fully saturated rings. The highest BCUT2D eigenvalue weighted by atomic mass is 16.1. The number of benzene rings is 2. The Morgan fingerprint density at radius 2 is 1.29 bits per heavy atom. The lowest BCUT2D eigenvalue weighted by Gasteiger charge is -2.16. The molecule has 2 aromatic rings. The van der Waals surface area contributed by atoms with Crippen LogP contribution in [0.2, 0.25) is 0 Å². The van der Waals surface area contributed by atoms with Crippen LogP contribution >= 0.6 is 0 Å². The SMILES string of the molecule is O=C1C/C(=C/c2ccccc2)CC/C1=C/c1ccccc1. The van der Waals surface area contributed by atoms with E-state index in [1.807, 2.05) is 54.6 Å². The third kappa shape index (κ3) is 3.57. The minimum absolute atomic E-state index is 0.257. The first-order valence-electron chi connectivity index (χ1n) is 7.34. The second-order valence-electron chi connectivity index (χ2n) is 5.39. The maximum atomic E-state index is 12.3. The Hall–Kier alpha value is -2.41. The molecule has 0 unspecified atom stereocenters. The van der Waals surface area contributed by atoms with Gasteiger partial charge in [0.1, 0.15) is 0 Å². The molecule has 2 aromatic carbocycles. The first-order chi connectivity index (χ1) is 10.3. The maximum absolute atomic E-state index is 12.3. The van der Waals surface area contributed by atoms with E-state index in [0.29, 0.717) is 6.42 Å². The molecule has 0 aliphatic heterocycles.